The summed E-state index contributed by atoms with van der Waals surface area (Å²) in [6.07, 6.45) is 6.79. The molecular weight excluding hydrogens is 276 g/mol. The lowest BCUT2D eigenvalue weighted by atomic mass is 10.1. The maximum absolute atomic E-state index is 12.1. The standard InChI is InChI=1S/C17H18N4O/c18-11-14-3-1-13(2-4-14)5-8-17(22)20-15-6-7-16-19-9-10-21(16)12-15/h1-4,9-10,15H,5-8,12H2,(H,20,22). The number of nitriles is 1. The van der Waals surface area contributed by atoms with E-state index in [0.29, 0.717) is 18.4 Å². The quantitative estimate of drug-likeness (QED) is 0.935. The summed E-state index contributed by atoms with van der Waals surface area (Å²) in [5.74, 6) is 1.18. The SMILES string of the molecule is N#Cc1ccc(CCC(=O)NC2CCc3nccn3C2)cc1. The highest BCUT2D eigenvalue weighted by Crippen LogP contribution is 2.13. The Bertz CT molecular complexity index is 696. The largest absolute Gasteiger partial charge is 0.352 e. The Balaban J connectivity index is 1.47. The Morgan fingerprint density at radius 2 is 2.23 bits per heavy atom. The number of carbonyl (C=O) groups excluding carboxylic acids is 1. The lowest BCUT2D eigenvalue weighted by Gasteiger charge is -2.24. The fourth-order valence-corrected chi connectivity index (χ4v) is 2.79. The van der Waals surface area contributed by atoms with Crippen molar-refractivity contribution in [2.75, 3.05) is 0 Å². The molecule has 2 heterocycles. The average molecular weight is 294 g/mol. The number of amides is 1. The molecule has 1 amide bonds. The van der Waals surface area contributed by atoms with E-state index in [1.807, 2.05) is 24.5 Å². The molecule has 5 heteroatoms. The van der Waals surface area contributed by atoms with Gasteiger partial charge in [0.05, 0.1) is 11.6 Å². The van der Waals surface area contributed by atoms with Crippen molar-refractivity contribution in [2.24, 2.45) is 0 Å². The molecule has 0 radical (unpaired) electrons. The number of nitrogens with one attached hydrogen (secondary N) is 1. The first kappa shape index (κ1) is 14.3. The van der Waals surface area contributed by atoms with Crippen LogP contribution < -0.4 is 5.32 Å². The number of hydrogen-bond acceptors (Lipinski definition) is 3. The molecule has 0 spiro atoms. The van der Waals surface area contributed by atoms with Crippen LogP contribution in [-0.2, 0) is 24.2 Å². The molecule has 0 aliphatic carbocycles. The third-order valence-corrected chi connectivity index (χ3v) is 4.02. The molecule has 0 saturated carbocycles. The molecule has 1 aromatic carbocycles. The van der Waals surface area contributed by atoms with Gasteiger partial charge in [-0.3, -0.25) is 4.79 Å². The van der Waals surface area contributed by atoms with Crippen molar-refractivity contribution in [1.29, 1.82) is 5.26 Å². The highest BCUT2D eigenvalue weighted by molar-refractivity contribution is 5.76. The maximum Gasteiger partial charge on any atom is 0.220 e. The molecule has 0 saturated heterocycles. The van der Waals surface area contributed by atoms with Gasteiger partial charge in [-0.05, 0) is 30.5 Å². The smallest absolute Gasteiger partial charge is 0.220 e. The minimum absolute atomic E-state index is 0.0814. The summed E-state index contributed by atoms with van der Waals surface area (Å²) in [6, 6.07) is 9.67. The first-order valence-corrected chi connectivity index (χ1v) is 7.53. The molecule has 1 unspecified atom stereocenters. The minimum atomic E-state index is 0.0814. The molecule has 0 bridgehead atoms. The van der Waals surface area contributed by atoms with Gasteiger partial charge in [0, 0.05) is 37.8 Å². The number of rotatable bonds is 4. The summed E-state index contributed by atoms with van der Waals surface area (Å²) < 4.78 is 2.11. The number of aryl methyl sites for hydroxylation is 2. The topological polar surface area (TPSA) is 70.7 Å². The predicted octanol–water partition coefficient (Wildman–Crippen LogP) is 1.82. The van der Waals surface area contributed by atoms with Gasteiger partial charge in [-0.15, -0.1) is 0 Å². The van der Waals surface area contributed by atoms with E-state index in [4.69, 9.17) is 5.26 Å². The molecule has 5 nitrogen and oxygen atoms in total. The Kier molecular flexibility index (Phi) is 4.19. The van der Waals surface area contributed by atoms with Crippen molar-refractivity contribution >= 4 is 5.91 Å². The van der Waals surface area contributed by atoms with Crippen molar-refractivity contribution in [3.63, 3.8) is 0 Å². The highest BCUT2D eigenvalue weighted by atomic mass is 16.1. The summed E-state index contributed by atoms with van der Waals surface area (Å²) in [5, 5.41) is 11.9. The van der Waals surface area contributed by atoms with Crippen LogP contribution in [0.4, 0.5) is 0 Å². The van der Waals surface area contributed by atoms with E-state index in [1.54, 1.807) is 12.1 Å². The fourth-order valence-electron chi connectivity index (χ4n) is 2.79. The van der Waals surface area contributed by atoms with E-state index in [9.17, 15) is 4.79 Å². The molecule has 0 fully saturated rings. The molecule has 1 aliphatic rings. The second kappa shape index (κ2) is 6.44. The first-order valence-electron chi connectivity index (χ1n) is 7.53. The monoisotopic (exact) mass is 294 g/mol. The summed E-state index contributed by atoms with van der Waals surface area (Å²) in [5.41, 5.74) is 1.72. The number of carbonyl (C=O) groups is 1. The minimum Gasteiger partial charge on any atom is -0.352 e. The van der Waals surface area contributed by atoms with E-state index in [2.05, 4.69) is 20.9 Å². The predicted molar refractivity (Wildman–Crippen MR) is 82.0 cm³/mol. The number of imidazole rings is 1. The van der Waals surface area contributed by atoms with Crippen LogP contribution in [0.1, 0.15) is 29.8 Å². The third kappa shape index (κ3) is 3.34. The number of aromatic nitrogens is 2. The van der Waals surface area contributed by atoms with Crippen molar-refractivity contribution in [3.8, 4) is 6.07 Å². The van der Waals surface area contributed by atoms with Crippen molar-refractivity contribution in [3.05, 3.63) is 53.6 Å². The van der Waals surface area contributed by atoms with Crippen molar-refractivity contribution in [1.82, 2.24) is 14.9 Å². The van der Waals surface area contributed by atoms with Gasteiger partial charge in [-0.25, -0.2) is 4.98 Å². The Morgan fingerprint density at radius 3 is 3.00 bits per heavy atom. The number of fused-ring (bicyclic) bond motifs is 1. The molecule has 1 aliphatic heterocycles. The van der Waals surface area contributed by atoms with Gasteiger partial charge in [0.25, 0.3) is 0 Å². The van der Waals surface area contributed by atoms with E-state index >= 15 is 0 Å². The summed E-state index contributed by atoms with van der Waals surface area (Å²) in [7, 11) is 0. The molecular formula is C17H18N4O. The van der Waals surface area contributed by atoms with E-state index in [1.165, 1.54) is 0 Å². The number of nitrogens with zero attached hydrogens (tertiary/aromatic N) is 3. The summed E-state index contributed by atoms with van der Waals surface area (Å²) in [4.78, 5) is 16.4. The Labute approximate surface area is 129 Å². The van der Waals surface area contributed by atoms with Gasteiger partial charge in [0.15, 0.2) is 0 Å². The normalized spacial score (nSPS) is 16.6. The van der Waals surface area contributed by atoms with E-state index in [-0.39, 0.29) is 11.9 Å². The summed E-state index contributed by atoms with van der Waals surface area (Å²) in [6.45, 7) is 0.804. The van der Waals surface area contributed by atoms with Crippen molar-refractivity contribution in [2.45, 2.75) is 38.3 Å². The Hall–Kier alpha value is -2.61. The molecule has 22 heavy (non-hydrogen) atoms. The Morgan fingerprint density at radius 1 is 1.41 bits per heavy atom. The van der Waals surface area contributed by atoms with Gasteiger partial charge in [-0.1, -0.05) is 12.1 Å². The van der Waals surface area contributed by atoms with Gasteiger partial charge in [0.2, 0.25) is 5.91 Å². The number of hydrogen-bond donors (Lipinski definition) is 1. The first-order chi connectivity index (χ1) is 10.7. The molecule has 1 N–H and O–H groups in total. The van der Waals surface area contributed by atoms with Gasteiger partial charge >= 0.3 is 0 Å². The van der Waals surface area contributed by atoms with E-state index < -0.39 is 0 Å². The van der Waals surface area contributed by atoms with E-state index in [0.717, 1.165) is 30.8 Å². The molecule has 3 rings (SSSR count). The van der Waals surface area contributed by atoms with Gasteiger partial charge in [0.1, 0.15) is 5.82 Å². The van der Waals surface area contributed by atoms with Crippen LogP contribution in [0.5, 0.6) is 0 Å². The zero-order chi connectivity index (χ0) is 15.4. The second-order valence-corrected chi connectivity index (χ2v) is 5.61. The van der Waals surface area contributed by atoms with Crippen LogP contribution in [-0.4, -0.2) is 21.5 Å². The zero-order valence-corrected chi connectivity index (χ0v) is 12.3. The summed E-state index contributed by atoms with van der Waals surface area (Å²) >= 11 is 0. The highest BCUT2D eigenvalue weighted by Gasteiger charge is 2.19. The molecule has 1 aromatic heterocycles. The van der Waals surface area contributed by atoms with Crippen LogP contribution in [0, 0.1) is 11.3 Å². The maximum atomic E-state index is 12.1. The van der Waals surface area contributed by atoms with Gasteiger partial charge in [-0.2, -0.15) is 5.26 Å². The van der Waals surface area contributed by atoms with Gasteiger partial charge < -0.3 is 9.88 Å². The fraction of sp³-hybridized carbons (Fsp3) is 0.353. The lowest BCUT2D eigenvalue weighted by molar-refractivity contribution is -0.122. The van der Waals surface area contributed by atoms with Crippen molar-refractivity contribution < 1.29 is 4.79 Å². The lowest BCUT2D eigenvalue weighted by Crippen LogP contribution is -2.40. The average Bonchev–Trinajstić information content (AvgIpc) is 3.01. The second-order valence-electron chi connectivity index (χ2n) is 5.61. The van der Waals surface area contributed by atoms with Crippen LogP contribution in [0.25, 0.3) is 0 Å². The van der Waals surface area contributed by atoms with Crippen LogP contribution >= 0.6 is 0 Å². The van der Waals surface area contributed by atoms with Crippen LogP contribution in [0.3, 0.4) is 0 Å². The zero-order valence-electron chi connectivity index (χ0n) is 12.3. The molecule has 1 atom stereocenters. The number of benzene rings is 1. The van der Waals surface area contributed by atoms with Crippen LogP contribution in [0.2, 0.25) is 0 Å². The molecule has 112 valence electrons. The van der Waals surface area contributed by atoms with Crippen LogP contribution in [0.15, 0.2) is 36.7 Å². The third-order valence-electron chi connectivity index (χ3n) is 4.02. The molecule has 2 aromatic rings.